The van der Waals surface area contributed by atoms with Crippen LogP contribution in [0, 0.1) is 11.7 Å². The lowest BCUT2D eigenvalue weighted by Gasteiger charge is -2.15. The fourth-order valence-electron chi connectivity index (χ4n) is 4.55. The van der Waals surface area contributed by atoms with E-state index in [1.54, 1.807) is 24.4 Å². The first kappa shape index (κ1) is 29.0. The van der Waals surface area contributed by atoms with Crippen molar-refractivity contribution in [3.63, 3.8) is 0 Å². The Morgan fingerprint density at radius 1 is 1.08 bits per heavy atom. The number of fused-ring (bicyclic) bond motifs is 1. The summed E-state index contributed by atoms with van der Waals surface area (Å²) in [6.07, 6.45) is 5.14. The highest BCUT2D eigenvalue weighted by Gasteiger charge is 2.16. The van der Waals surface area contributed by atoms with Crippen molar-refractivity contribution in [2.45, 2.75) is 65.1 Å². The zero-order valence-corrected chi connectivity index (χ0v) is 23.6. The number of hydrogen-bond acceptors (Lipinski definition) is 5. The van der Waals surface area contributed by atoms with Crippen LogP contribution in [0.2, 0.25) is 5.02 Å². The van der Waals surface area contributed by atoms with Gasteiger partial charge in [0.05, 0.1) is 16.4 Å². The van der Waals surface area contributed by atoms with E-state index in [0.29, 0.717) is 33.9 Å². The number of nitrogens with zero attached hydrogens (tertiary/aromatic N) is 2. The van der Waals surface area contributed by atoms with E-state index in [9.17, 15) is 4.79 Å². The first-order valence-electron chi connectivity index (χ1n) is 13.5. The van der Waals surface area contributed by atoms with Crippen LogP contribution in [0.25, 0.3) is 28.0 Å². The molecule has 0 saturated heterocycles. The Hall–Kier alpha value is -3.04. The quantitative estimate of drug-likeness (QED) is 0.178. The summed E-state index contributed by atoms with van der Waals surface area (Å²) in [5.41, 5.74) is 15.5. The maximum atomic E-state index is 15.0. The normalized spacial score (nSPS) is 13.3. The number of nitrogens with two attached hydrogens (primary N) is 2. The highest BCUT2D eigenvalue weighted by atomic mass is 35.5. The van der Waals surface area contributed by atoms with Crippen LogP contribution in [0.3, 0.4) is 0 Å². The maximum Gasteiger partial charge on any atom is 0.354 e. The van der Waals surface area contributed by atoms with Crippen molar-refractivity contribution >= 4 is 22.6 Å². The molecular weight excluding hydrogens is 515 g/mol. The van der Waals surface area contributed by atoms with Crippen molar-refractivity contribution in [3.8, 4) is 16.9 Å². The minimum Gasteiger partial charge on any atom is -0.339 e. The van der Waals surface area contributed by atoms with Crippen LogP contribution >= 0.6 is 11.6 Å². The molecule has 0 saturated carbocycles. The third kappa shape index (κ3) is 7.33. The van der Waals surface area contributed by atoms with Crippen molar-refractivity contribution < 1.29 is 4.39 Å². The maximum absolute atomic E-state index is 15.0. The van der Waals surface area contributed by atoms with Crippen LogP contribution in [-0.2, 0) is 13.0 Å². The molecule has 6 N–H and O–H groups in total. The summed E-state index contributed by atoms with van der Waals surface area (Å²) in [7, 11) is 0. The second-order valence-electron chi connectivity index (χ2n) is 10.7. The second kappa shape index (κ2) is 12.9. The molecule has 0 fully saturated rings. The molecule has 39 heavy (non-hydrogen) atoms. The van der Waals surface area contributed by atoms with Gasteiger partial charge < -0.3 is 21.8 Å². The van der Waals surface area contributed by atoms with Crippen LogP contribution in [-0.4, -0.2) is 33.2 Å². The molecule has 208 valence electrons. The van der Waals surface area contributed by atoms with E-state index in [2.05, 4.69) is 29.1 Å². The number of rotatable bonds is 12. The molecule has 0 amide bonds. The van der Waals surface area contributed by atoms with Crippen LogP contribution in [0.4, 0.5) is 4.39 Å². The van der Waals surface area contributed by atoms with E-state index < -0.39 is 11.5 Å². The first-order valence-corrected chi connectivity index (χ1v) is 13.9. The number of aromatic nitrogens is 3. The molecule has 2 aromatic heterocycles. The van der Waals surface area contributed by atoms with Gasteiger partial charge in [0, 0.05) is 35.8 Å². The second-order valence-corrected chi connectivity index (χ2v) is 11.1. The zero-order valence-electron chi connectivity index (χ0n) is 22.8. The van der Waals surface area contributed by atoms with Gasteiger partial charge in [0.1, 0.15) is 5.65 Å². The van der Waals surface area contributed by atoms with Gasteiger partial charge in [-0.3, -0.25) is 4.57 Å². The standard InChI is InChI=1S/C30H38ClFN6O/c1-18(2)26(34)11-12-35-16-20-7-9-23(10-8-20)38-17-22-15-27(36-29(22)37-30(38)39)24-13-21(6-4-5-19(3)33)14-25(31)28(24)32/h7-10,13-15,17-19,26,35H,4-6,11-12,16,33-34H2,1-3H3,(H,36,37,39)/t19-,26+/m0/s1. The van der Waals surface area contributed by atoms with Gasteiger partial charge in [-0.1, -0.05) is 37.6 Å². The third-order valence-corrected chi connectivity index (χ3v) is 7.34. The fraction of sp³-hybridized carbons (Fsp3) is 0.400. The monoisotopic (exact) mass is 552 g/mol. The average Bonchev–Trinajstić information content (AvgIpc) is 3.30. The Morgan fingerprint density at radius 2 is 1.82 bits per heavy atom. The highest BCUT2D eigenvalue weighted by Crippen LogP contribution is 2.31. The Morgan fingerprint density at radius 3 is 2.51 bits per heavy atom. The molecule has 0 bridgehead atoms. The molecule has 0 unspecified atom stereocenters. The minimum absolute atomic E-state index is 0.0619. The van der Waals surface area contributed by atoms with E-state index in [1.165, 1.54) is 4.57 Å². The number of hydrogen-bond donors (Lipinski definition) is 4. The van der Waals surface area contributed by atoms with Gasteiger partial charge in [-0.2, -0.15) is 4.98 Å². The van der Waals surface area contributed by atoms with Crippen molar-refractivity contribution in [2.24, 2.45) is 17.4 Å². The topological polar surface area (TPSA) is 115 Å². The summed E-state index contributed by atoms with van der Waals surface area (Å²) in [5.74, 6) is -0.0475. The largest absolute Gasteiger partial charge is 0.354 e. The van der Waals surface area contributed by atoms with E-state index in [-0.39, 0.29) is 17.1 Å². The fourth-order valence-corrected chi connectivity index (χ4v) is 4.79. The lowest BCUT2D eigenvalue weighted by molar-refractivity contribution is 0.449. The SMILES string of the molecule is CC(C)[C@H](N)CCNCc1ccc(-n2cc3cc(-c4cc(CCC[C@H](C)N)cc(Cl)c4F)[nH]c3nc2=O)cc1. The zero-order chi connectivity index (χ0) is 28.1. The van der Waals surface area contributed by atoms with E-state index >= 15 is 4.39 Å². The molecule has 7 nitrogen and oxygen atoms in total. The summed E-state index contributed by atoms with van der Waals surface area (Å²) >= 11 is 6.23. The van der Waals surface area contributed by atoms with Crippen molar-refractivity contribution in [1.82, 2.24) is 19.9 Å². The van der Waals surface area contributed by atoms with E-state index in [1.807, 2.05) is 31.2 Å². The summed E-state index contributed by atoms with van der Waals surface area (Å²) in [4.78, 5) is 20.2. The van der Waals surface area contributed by atoms with Gasteiger partial charge >= 0.3 is 5.69 Å². The molecular formula is C30H38ClFN6O. The summed E-state index contributed by atoms with van der Waals surface area (Å²) < 4.78 is 16.5. The van der Waals surface area contributed by atoms with Gasteiger partial charge in [0.25, 0.3) is 0 Å². The van der Waals surface area contributed by atoms with Crippen LogP contribution in [0.1, 0.15) is 51.2 Å². The van der Waals surface area contributed by atoms with Crippen LogP contribution in [0.15, 0.2) is 53.5 Å². The Labute approximate surface area is 233 Å². The predicted octanol–water partition coefficient (Wildman–Crippen LogP) is 5.31. The average molecular weight is 553 g/mol. The number of H-pyrrole nitrogens is 1. The summed E-state index contributed by atoms with van der Waals surface area (Å²) in [6.45, 7) is 7.79. The molecule has 4 rings (SSSR count). The van der Waals surface area contributed by atoms with E-state index in [4.69, 9.17) is 23.1 Å². The Balaban J connectivity index is 1.52. The molecule has 4 aromatic rings. The molecule has 0 spiro atoms. The van der Waals surface area contributed by atoms with Gasteiger partial charge in [-0.25, -0.2) is 9.18 Å². The first-order chi connectivity index (χ1) is 18.6. The van der Waals surface area contributed by atoms with Crippen LogP contribution < -0.4 is 22.5 Å². The number of halogens is 2. The van der Waals surface area contributed by atoms with Crippen molar-refractivity contribution in [1.29, 1.82) is 0 Å². The number of benzene rings is 2. The molecule has 0 aliphatic rings. The Bertz CT molecular complexity index is 1460. The van der Waals surface area contributed by atoms with Gasteiger partial charge in [0.15, 0.2) is 5.82 Å². The Kier molecular flexibility index (Phi) is 9.56. The lowest BCUT2D eigenvalue weighted by atomic mass is 10.0. The molecule has 2 heterocycles. The molecule has 2 atom stereocenters. The van der Waals surface area contributed by atoms with Gasteiger partial charge in [-0.15, -0.1) is 0 Å². The number of nitrogens with one attached hydrogen (secondary N) is 2. The number of aromatic amines is 1. The summed E-state index contributed by atoms with van der Waals surface area (Å²) in [5, 5.41) is 4.17. The highest BCUT2D eigenvalue weighted by molar-refractivity contribution is 6.31. The minimum atomic E-state index is -0.509. The van der Waals surface area contributed by atoms with Crippen LogP contribution in [0.5, 0.6) is 0 Å². The number of aryl methyl sites for hydroxylation is 1. The molecule has 2 aromatic carbocycles. The van der Waals surface area contributed by atoms with Crippen molar-refractivity contribution in [3.05, 3.63) is 81.1 Å². The molecule has 9 heteroatoms. The predicted molar refractivity (Wildman–Crippen MR) is 158 cm³/mol. The molecule has 0 aliphatic heterocycles. The van der Waals surface area contributed by atoms with Gasteiger partial charge in [-0.05, 0) is 86.5 Å². The third-order valence-electron chi connectivity index (χ3n) is 7.07. The van der Waals surface area contributed by atoms with Gasteiger partial charge in [0.2, 0.25) is 0 Å². The van der Waals surface area contributed by atoms with Crippen molar-refractivity contribution in [2.75, 3.05) is 6.54 Å². The molecule has 0 aliphatic carbocycles. The summed E-state index contributed by atoms with van der Waals surface area (Å²) in [6, 6.07) is 13.3. The molecule has 0 radical (unpaired) electrons. The smallest absolute Gasteiger partial charge is 0.339 e. The lowest BCUT2D eigenvalue weighted by Crippen LogP contribution is -2.30. The van der Waals surface area contributed by atoms with E-state index in [0.717, 1.165) is 49.9 Å².